The Bertz CT molecular complexity index is 349. The van der Waals surface area contributed by atoms with Crippen LogP contribution in [-0.2, 0) is 14.2 Å². The van der Waals surface area contributed by atoms with Crippen LogP contribution in [0.3, 0.4) is 0 Å². The lowest BCUT2D eigenvalue weighted by Gasteiger charge is -2.59. The molecule has 0 amide bonds. The molecule has 4 rings (SSSR count). The molecule has 3 spiro atoms. The molecule has 4 atom stereocenters. The standard InChI is InChI=1S/C15H24O4/c16-12-4-8-13(5-1-9-17-13)15(7-3-11-19-15)14(12)6-2-10-18-14/h12,16H,1-11H2/t12-,13+,14-,15-/m0/s1. The van der Waals surface area contributed by atoms with Crippen LogP contribution in [0.15, 0.2) is 0 Å². The van der Waals surface area contributed by atoms with Crippen molar-refractivity contribution in [2.75, 3.05) is 19.8 Å². The van der Waals surface area contributed by atoms with Gasteiger partial charge in [0.25, 0.3) is 0 Å². The van der Waals surface area contributed by atoms with Gasteiger partial charge in [-0.25, -0.2) is 0 Å². The van der Waals surface area contributed by atoms with E-state index in [1.807, 2.05) is 0 Å². The average Bonchev–Trinajstić information content (AvgIpc) is 3.13. The van der Waals surface area contributed by atoms with E-state index in [-0.39, 0.29) is 5.60 Å². The Morgan fingerprint density at radius 2 is 1.53 bits per heavy atom. The van der Waals surface area contributed by atoms with Crippen molar-refractivity contribution in [3.63, 3.8) is 0 Å². The molecule has 108 valence electrons. The first-order chi connectivity index (χ1) is 9.25. The van der Waals surface area contributed by atoms with Gasteiger partial charge in [-0.05, 0) is 51.4 Å². The first-order valence-electron chi connectivity index (χ1n) is 7.85. The first kappa shape index (κ1) is 12.6. The largest absolute Gasteiger partial charge is 0.390 e. The molecule has 0 unspecified atom stereocenters. The highest BCUT2D eigenvalue weighted by Crippen LogP contribution is 2.60. The Kier molecular flexibility index (Phi) is 2.76. The maximum atomic E-state index is 10.7. The van der Waals surface area contributed by atoms with Crippen LogP contribution in [0.2, 0.25) is 0 Å². The van der Waals surface area contributed by atoms with E-state index in [4.69, 9.17) is 14.2 Å². The highest BCUT2D eigenvalue weighted by Gasteiger charge is 2.72. The van der Waals surface area contributed by atoms with Gasteiger partial charge in [0.05, 0.1) is 6.10 Å². The molecule has 4 heteroatoms. The van der Waals surface area contributed by atoms with Gasteiger partial charge in [-0.1, -0.05) is 0 Å². The Balaban J connectivity index is 1.83. The molecule has 3 aliphatic heterocycles. The first-order valence-corrected chi connectivity index (χ1v) is 7.85. The number of ether oxygens (including phenoxy) is 3. The van der Waals surface area contributed by atoms with Crippen molar-refractivity contribution in [1.82, 2.24) is 0 Å². The summed E-state index contributed by atoms with van der Waals surface area (Å²) in [5.41, 5.74) is -1.11. The number of rotatable bonds is 0. The minimum absolute atomic E-state index is 0.201. The van der Waals surface area contributed by atoms with Crippen LogP contribution >= 0.6 is 0 Å². The predicted molar refractivity (Wildman–Crippen MR) is 69.0 cm³/mol. The molecule has 4 nitrogen and oxygen atoms in total. The van der Waals surface area contributed by atoms with E-state index < -0.39 is 17.3 Å². The minimum Gasteiger partial charge on any atom is -0.390 e. The quantitative estimate of drug-likeness (QED) is 0.727. The SMILES string of the molecule is O[C@H]1CC[C@]2(CCCO2)[C@@]2(CCCO2)[C@]12CCCO2. The summed E-state index contributed by atoms with van der Waals surface area (Å²) in [6, 6.07) is 0. The number of aliphatic hydroxyl groups excluding tert-OH is 1. The summed E-state index contributed by atoms with van der Waals surface area (Å²) in [7, 11) is 0. The maximum Gasteiger partial charge on any atom is 0.128 e. The van der Waals surface area contributed by atoms with E-state index in [1.54, 1.807) is 0 Å². The molecule has 3 saturated heterocycles. The van der Waals surface area contributed by atoms with Crippen LogP contribution < -0.4 is 0 Å². The molecule has 1 saturated carbocycles. The molecule has 3 heterocycles. The Hall–Kier alpha value is -0.160. The molecule has 0 aromatic heterocycles. The minimum atomic E-state index is -0.508. The third-order valence-corrected chi connectivity index (χ3v) is 5.96. The molecule has 0 bridgehead atoms. The van der Waals surface area contributed by atoms with Gasteiger partial charge in [0.1, 0.15) is 16.8 Å². The second kappa shape index (κ2) is 4.17. The summed E-state index contributed by atoms with van der Waals surface area (Å²) < 4.78 is 18.7. The van der Waals surface area contributed by atoms with Gasteiger partial charge < -0.3 is 19.3 Å². The fourth-order valence-corrected chi connectivity index (χ4v) is 5.25. The third kappa shape index (κ3) is 1.39. The third-order valence-electron chi connectivity index (χ3n) is 5.96. The second-order valence-corrected chi connectivity index (χ2v) is 6.62. The molecule has 1 aliphatic carbocycles. The van der Waals surface area contributed by atoms with Crippen molar-refractivity contribution in [2.45, 2.75) is 74.3 Å². The lowest BCUT2D eigenvalue weighted by atomic mass is 9.58. The Morgan fingerprint density at radius 3 is 2.16 bits per heavy atom. The van der Waals surface area contributed by atoms with Crippen LogP contribution in [0, 0.1) is 0 Å². The summed E-state index contributed by atoms with van der Waals surface area (Å²) in [5, 5.41) is 10.7. The topological polar surface area (TPSA) is 47.9 Å². The van der Waals surface area contributed by atoms with Gasteiger partial charge in [-0.3, -0.25) is 0 Å². The van der Waals surface area contributed by atoms with E-state index >= 15 is 0 Å². The zero-order chi connectivity index (χ0) is 13.0. The van der Waals surface area contributed by atoms with Crippen molar-refractivity contribution in [2.24, 2.45) is 0 Å². The fraction of sp³-hybridized carbons (Fsp3) is 1.00. The summed E-state index contributed by atoms with van der Waals surface area (Å²) >= 11 is 0. The fourth-order valence-electron chi connectivity index (χ4n) is 5.25. The molecule has 0 aromatic carbocycles. The molecular weight excluding hydrogens is 244 g/mol. The van der Waals surface area contributed by atoms with Crippen LogP contribution in [-0.4, -0.2) is 47.8 Å². The highest BCUT2D eigenvalue weighted by molar-refractivity contribution is 5.23. The molecule has 4 aliphatic rings. The van der Waals surface area contributed by atoms with Gasteiger partial charge in [0, 0.05) is 19.8 Å². The van der Waals surface area contributed by atoms with E-state index in [9.17, 15) is 5.11 Å². The zero-order valence-electron chi connectivity index (χ0n) is 11.5. The molecule has 0 aromatic rings. The van der Waals surface area contributed by atoms with E-state index in [0.29, 0.717) is 0 Å². The number of hydrogen-bond acceptors (Lipinski definition) is 4. The van der Waals surface area contributed by atoms with Crippen LogP contribution in [0.5, 0.6) is 0 Å². The number of aliphatic hydroxyl groups is 1. The van der Waals surface area contributed by atoms with Gasteiger partial charge in [-0.2, -0.15) is 0 Å². The number of hydrogen-bond donors (Lipinski definition) is 1. The summed E-state index contributed by atoms with van der Waals surface area (Å²) in [4.78, 5) is 0. The lowest BCUT2D eigenvalue weighted by molar-refractivity contribution is -0.303. The smallest absolute Gasteiger partial charge is 0.128 e. The maximum absolute atomic E-state index is 10.7. The van der Waals surface area contributed by atoms with Crippen molar-refractivity contribution in [1.29, 1.82) is 0 Å². The van der Waals surface area contributed by atoms with Crippen molar-refractivity contribution >= 4 is 0 Å². The summed E-state index contributed by atoms with van der Waals surface area (Å²) in [6.45, 7) is 2.36. The monoisotopic (exact) mass is 268 g/mol. The zero-order valence-corrected chi connectivity index (χ0v) is 11.5. The average molecular weight is 268 g/mol. The van der Waals surface area contributed by atoms with Gasteiger partial charge >= 0.3 is 0 Å². The second-order valence-electron chi connectivity index (χ2n) is 6.62. The van der Waals surface area contributed by atoms with Crippen LogP contribution in [0.4, 0.5) is 0 Å². The summed E-state index contributed by atoms with van der Waals surface area (Å²) in [6.07, 6.45) is 7.44. The molecule has 0 radical (unpaired) electrons. The Morgan fingerprint density at radius 1 is 0.789 bits per heavy atom. The Labute approximate surface area is 114 Å². The van der Waals surface area contributed by atoms with Gasteiger partial charge in [-0.15, -0.1) is 0 Å². The van der Waals surface area contributed by atoms with E-state index in [0.717, 1.165) is 71.2 Å². The van der Waals surface area contributed by atoms with Crippen LogP contribution in [0.25, 0.3) is 0 Å². The van der Waals surface area contributed by atoms with Gasteiger partial charge in [0.2, 0.25) is 0 Å². The molecule has 1 N–H and O–H groups in total. The molecule has 19 heavy (non-hydrogen) atoms. The lowest BCUT2D eigenvalue weighted by Crippen LogP contribution is -2.74. The van der Waals surface area contributed by atoms with Crippen molar-refractivity contribution < 1.29 is 19.3 Å². The van der Waals surface area contributed by atoms with E-state index in [2.05, 4.69) is 0 Å². The van der Waals surface area contributed by atoms with Gasteiger partial charge in [0.15, 0.2) is 0 Å². The van der Waals surface area contributed by atoms with E-state index in [1.165, 1.54) is 0 Å². The summed E-state index contributed by atoms with van der Waals surface area (Å²) in [5.74, 6) is 0. The predicted octanol–water partition coefficient (Wildman–Crippen LogP) is 1.79. The molecule has 4 fully saturated rings. The van der Waals surface area contributed by atoms with Crippen molar-refractivity contribution in [3.05, 3.63) is 0 Å². The number of fused-ring (bicyclic) bond motifs is 2. The molecular formula is C15H24O4. The van der Waals surface area contributed by atoms with Crippen molar-refractivity contribution in [3.8, 4) is 0 Å². The highest BCUT2D eigenvalue weighted by atomic mass is 16.6. The van der Waals surface area contributed by atoms with Crippen LogP contribution in [0.1, 0.15) is 51.4 Å². The normalized spacial score (nSPS) is 53.8.